The molecular weight excluding hydrogens is 260 g/mol. The van der Waals surface area contributed by atoms with Crippen LogP contribution in [0.4, 0.5) is 5.13 Å². The number of nitrogens with two attached hydrogens (primary N) is 1. The molecule has 0 spiro atoms. The van der Waals surface area contributed by atoms with Crippen molar-refractivity contribution in [1.29, 1.82) is 0 Å². The summed E-state index contributed by atoms with van der Waals surface area (Å²) in [6.07, 6.45) is 1.03. The third-order valence-electron chi connectivity index (χ3n) is 2.36. The Labute approximate surface area is 107 Å². The lowest BCUT2D eigenvalue weighted by atomic mass is 10.1. The fraction of sp³-hybridized carbons (Fsp3) is 0.667. The van der Waals surface area contributed by atoms with Crippen molar-refractivity contribution in [3.8, 4) is 0 Å². The van der Waals surface area contributed by atoms with Gasteiger partial charge in [-0.05, 0) is 6.42 Å². The minimum Gasteiger partial charge on any atom is -0.381 e. The molecule has 0 saturated carbocycles. The van der Waals surface area contributed by atoms with E-state index in [9.17, 15) is 4.79 Å². The standard InChI is InChI=1S/C9H14N4O2S2/c10-8-12-13-9(17-8)16-5-7(14)11-3-6-1-2-15-4-6/h6H,1-5H2,(H2,10,12)(H,11,14)/t6-/m1/s1. The number of hydrogen-bond donors (Lipinski definition) is 2. The summed E-state index contributed by atoms with van der Waals surface area (Å²) in [7, 11) is 0. The maximum absolute atomic E-state index is 11.5. The van der Waals surface area contributed by atoms with E-state index in [1.807, 2.05) is 0 Å². The number of nitrogens with one attached hydrogen (secondary N) is 1. The van der Waals surface area contributed by atoms with Crippen LogP contribution in [-0.4, -0.2) is 41.6 Å². The van der Waals surface area contributed by atoms with Crippen LogP contribution >= 0.6 is 23.1 Å². The first-order chi connectivity index (χ1) is 8.24. The second-order valence-corrected chi connectivity index (χ2v) is 5.96. The highest BCUT2D eigenvalue weighted by Crippen LogP contribution is 2.23. The number of carbonyl (C=O) groups is 1. The van der Waals surface area contributed by atoms with Crippen LogP contribution in [0.2, 0.25) is 0 Å². The zero-order valence-corrected chi connectivity index (χ0v) is 10.9. The molecule has 94 valence electrons. The van der Waals surface area contributed by atoms with Crippen LogP contribution in [0.15, 0.2) is 4.34 Å². The molecule has 0 unspecified atom stereocenters. The Balaban J connectivity index is 1.63. The smallest absolute Gasteiger partial charge is 0.230 e. The molecular formula is C9H14N4O2S2. The molecule has 2 rings (SSSR count). The second-order valence-electron chi connectivity index (χ2n) is 3.73. The van der Waals surface area contributed by atoms with Gasteiger partial charge in [-0.3, -0.25) is 4.79 Å². The summed E-state index contributed by atoms with van der Waals surface area (Å²) in [6, 6.07) is 0. The molecule has 1 aromatic rings. The number of aromatic nitrogens is 2. The molecule has 0 aromatic carbocycles. The maximum Gasteiger partial charge on any atom is 0.230 e. The maximum atomic E-state index is 11.5. The van der Waals surface area contributed by atoms with Crippen molar-refractivity contribution in [1.82, 2.24) is 15.5 Å². The van der Waals surface area contributed by atoms with E-state index < -0.39 is 0 Å². The Morgan fingerprint density at radius 3 is 3.18 bits per heavy atom. The van der Waals surface area contributed by atoms with E-state index >= 15 is 0 Å². The van der Waals surface area contributed by atoms with E-state index in [4.69, 9.17) is 10.5 Å². The lowest BCUT2D eigenvalue weighted by Gasteiger charge is -2.08. The average molecular weight is 274 g/mol. The highest BCUT2D eigenvalue weighted by molar-refractivity contribution is 8.01. The van der Waals surface area contributed by atoms with Gasteiger partial charge in [-0.1, -0.05) is 23.1 Å². The summed E-state index contributed by atoms with van der Waals surface area (Å²) in [5.41, 5.74) is 5.44. The first kappa shape index (κ1) is 12.6. The molecule has 1 fully saturated rings. The molecule has 1 atom stereocenters. The Morgan fingerprint density at radius 2 is 2.53 bits per heavy atom. The summed E-state index contributed by atoms with van der Waals surface area (Å²) < 4.78 is 5.96. The molecule has 0 radical (unpaired) electrons. The van der Waals surface area contributed by atoms with E-state index in [1.54, 1.807) is 0 Å². The molecule has 6 nitrogen and oxygen atoms in total. The van der Waals surface area contributed by atoms with Gasteiger partial charge in [0.25, 0.3) is 0 Å². The lowest BCUT2D eigenvalue weighted by Crippen LogP contribution is -2.30. The van der Waals surface area contributed by atoms with Crippen LogP contribution < -0.4 is 11.1 Å². The Kier molecular flexibility index (Phi) is 4.57. The predicted octanol–water partition coefficient (Wildman–Crippen LogP) is 0.365. The molecule has 1 amide bonds. The molecule has 2 heterocycles. The number of rotatable bonds is 5. The van der Waals surface area contributed by atoms with Gasteiger partial charge in [-0.15, -0.1) is 10.2 Å². The van der Waals surface area contributed by atoms with Crippen molar-refractivity contribution >= 4 is 34.1 Å². The lowest BCUT2D eigenvalue weighted by molar-refractivity contribution is -0.118. The number of nitrogen functional groups attached to an aromatic ring is 1. The highest BCUT2D eigenvalue weighted by atomic mass is 32.2. The largest absolute Gasteiger partial charge is 0.381 e. The van der Waals surface area contributed by atoms with Crippen LogP contribution in [0, 0.1) is 5.92 Å². The molecule has 0 bridgehead atoms. The molecule has 0 aliphatic carbocycles. The summed E-state index contributed by atoms with van der Waals surface area (Å²) >= 11 is 2.65. The van der Waals surface area contributed by atoms with E-state index in [2.05, 4.69) is 15.5 Å². The molecule has 3 N–H and O–H groups in total. The first-order valence-corrected chi connectivity index (χ1v) is 7.10. The van der Waals surface area contributed by atoms with Crippen LogP contribution in [0.1, 0.15) is 6.42 Å². The number of amides is 1. The number of anilines is 1. The van der Waals surface area contributed by atoms with Crippen LogP contribution in [-0.2, 0) is 9.53 Å². The van der Waals surface area contributed by atoms with Crippen molar-refractivity contribution in [2.45, 2.75) is 10.8 Å². The van der Waals surface area contributed by atoms with Gasteiger partial charge in [0, 0.05) is 19.1 Å². The summed E-state index contributed by atoms with van der Waals surface area (Å²) in [6.45, 7) is 2.25. The fourth-order valence-electron chi connectivity index (χ4n) is 1.46. The Bertz CT molecular complexity index is 379. The van der Waals surface area contributed by atoms with E-state index in [1.165, 1.54) is 23.1 Å². The predicted molar refractivity (Wildman–Crippen MR) is 67.0 cm³/mol. The molecule has 1 saturated heterocycles. The van der Waals surface area contributed by atoms with E-state index in [-0.39, 0.29) is 5.91 Å². The van der Waals surface area contributed by atoms with Gasteiger partial charge >= 0.3 is 0 Å². The van der Waals surface area contributed by atoms with Gasteiger partial charge in [0.2, 0.25) is 11.0 Å². The molecule has 17 heavy (non-hydrogen) atoms. The molecule has 8 heteroatoms. The normalized spacial score (nSPS) is 19.4. The number of ether oxygens (including phenoxy) is 1. The Morgan fingerprint density at radius 1 is 1.65 bits per heavy atom. The third kappa shape index (κ3) is 4.14. The summed E-state index contributed by atoms with van der Waals surface area (Å²) in [5, 5.41) is 10.8. The van der Waals surface area contributed by atoms with Crippen molar-refractivity contribution in [3.63, 3.8) is 0 Å². The van der Waals surface area contributed by atoms with Gasteiger partial charge in [0.05, 0.1) is 12.4 Å². The van der Waals surface area contributed by atoms with Crippen molar-refractivity contribution in [2.75, 3.05) is 31.2 Å². The SMILES string of the molecule is Nc1nnc(SCC(=O)NC[C@H]2CCOC2)s1. The zero-order valence-electron chi connectivity index (χ0n) is 9.22. The fourth-order valence-corrected chi connectivity index (χ4v) is 2.93. The van der Waals surface area contributed by atoms with Gasteiger partial charge in [-0.25, -0.2) is 0 Å². The highest BCUT2D eigenvalue weighted by Gasteiger charge is 2.16. The number of thioether (sulfide) groups is 1. The second kappa shape index (κ2) is 6.18. The van der Waals surface area contributed by atoms with Gasteiger partial charge < -0.3 is 15.8 Å². The van der Waals surface area contributed by atoms with Gasteiger partial charge in [0.15, 0.2) is 4.34 Å². The topological polar surface area (TPSA) is 90.1 Å². The van der Waals surface area contributed by atoms with Crippen molar-refractivity contribution < 1.29 is 9.53 Å². The van der Waals surface area contributed by atoms with Gasteiger partial charge in [0.1, 0.15) is 0 Å². The van der Waals surface area contributed by atoms with Crippen LogP contribution in [0.3, 0.4) is 0 Å². The minimum atomic E-state index is 0.00988. The molecule has 1 aliphatic heterocycles. The van der Waals surface area contributed by atoms with Crippen molar-refractivity contribution in [2.24, 2.45) is 5.92 Å². The van der Waals surface area contributed by atoms with Crippen molar-refractivity contribution in [3.05, 3.63) is 0 Å². The van der Waals surface area contributed by atoms with E-state index in [0.29, 0.717) is 23.3 Å². The molecule has 1 aromatic heterocycles. The zero-order chi connectivity index (χ0) is 12.1. The average Bonchev–Trinajstić information content (AvgIpc) is 2.95. The van der Waals surface area contributed by atoms with Gasteiger partial charge in [-0.2, -0.15) is 0 Å². The third-order valence-corrected chi connectivity index (χ3v) is 4.25. The quantitative estimate of drug-likeness (QED) is 0.754. The first-order valence-electron chi connectivity index (χ1n) is 5.30. The summed E-state index contributed by atoms with van der Waals surface area (Å²) in [5.74, 6) is 0.819. The number of hydrogen-bond acceptors (Lipinski definition) is 7. The van der Waals surface area contributed by atoms with Crippen LogP contribution in [0.25, 0.3) is 0 Å². The number of carbonyl (C=O) groups excluding carboxylic acids is 1. The molecule has 1 aliphatic rings. The van der Waals surface area contributed by atoms with E-state index in [0.717, 1.165) is 24.0 Å². The number of nitrogens with zero attached hydrogens (tertiary/aromatic N) is 2. The van der Waals surface area contributed by atoms with Crippen LogP contribution in [0.5, 0.6) is 0 Å². The summed E-state index contributed by atoms with van der Waals surface area (Å²) in [4.78, 5) is 11.5. The minimum absolute atomic E-state index is 0.00988. The Hall–Kier alpha value is -0.860. The monoisotopic (exact) mass is 274 g/mol.